The van der Waals surface area contributed by atoms with Crippen LogP contribution in [-0.2, 0) is 6.42 Å². The molecule has 0 atom stereocenters. The fraction of sp³-hybridized carbons (Fsp3) is 0.214. The van der Waals surface area contributed by atoms with Crippen LogP contribution in [-0.4, -0.2) is 4.98 Å². The first-order chi connectivity index (χ1) is 7.72. The van der Waals surface area contributed by atoms with Crippen LogP contribution in [0.2, 0.25) is 0 Å². The Kier molecular flexibility index (Phi) is 2.91. The van der Waals surface area contributed by atoms with Crippen molar-refractivity contribution in [2.24, 2.45) is 0 Å². The summed E-state index contributed by atoms with van der Waals surface area (Å²) in [6.07, 6.45) is 2.85. The molecule has 1 heterocycles. The van der Waals surface area contributed by atoms with E-state index in [1.807, 2.05) is 13.0 Å². The van der Waals surface area contributed by atoms with Crippen molar-refractivity contribution in [1.29, 1.82) is 0 Å². The monoisotopic (exact) mass is 212 g/mol. The van der Waals surface area contributed by atoms with E-state index in [2.05, 4.69) is 36.2 Å². The van der Waals surface area contributed by atoms with E-state index in [1.165, 1.54) is 5.56 Å². The minimum Gasteiger partial charge on any atom is -0.397 e. The summed E-state index contributed by atoms with van der Waals surface area (Å²) >= 11 is 0. The van der Waals surface area contributed by atoms with Crippen molar-refractivity contribution < 1.29 is 0 Å². The molecule has 1 aromatic carbocycles. The number of hydrogen-bond acceptors (Lipinski definition) is 2. The van der Waals surface area contributed by atoms with Crippen LogP contribution < -0.4 is 5.73 Å². The van der Waals surface area contributed by atoms with Gasteiger partial charge in [-0.15, -0.1) is 0 Å². The normalized spacial score (nSPS) is 10.4. The lowest BCUT2D eigenvalue weighted by atomic mass is 10.0. The molecule has 0 amide bonds. The van der Waals surface area contributed by atoms with Crippen LogP contribution in [0.4, 0.5) is 5.69 Å². The van der Waals surface area contributed by atoms with E-state index in [0.29, 0.717) is 0 Å². The number of aryl methyl sites for hydroxylation is 2. The van der Waals surface area contributed by atoms with Gasteiger partial charge in [-0.2, -0.15) is 0 Å². The highest BCUT2D eigenvalue weighted by molar-refractivity contribution is 5.74. The Bertz CT molecular complexity index is 487. The van der Waals surface area contributed by atoms with E-state index in [-0.39, 0.29) is 0 Å². The molecular weight excluding hydrogens is 196 g/mol. The van der Waals surface area contributed by atoms with E-state index in [1.54, 1.807) is 6.20 Å². The molecule has 2 aromatic rings. The Morgan fingerprint density at radius 2 is 1.81 bits per heavy atom. The van der Waals surface area contributed by atoms with Crippen molar-refractivity contribution in [3.63, 3.8) is 0 Å². The standard InChI is InChI=1S/C14H16N2/c1-3-11-4-6-12(7-5-11)14-13(15)10(2)8-9-16-14/h4-9H,3,15H2,1-2H3. The third-order valence-electron chi connectivity index (χ3n) is 2.84. The molecule has 0 aliphatic heterocycles. The Balaban J connectivity index is 2.46. The van der Waals surface area contributed by atoms with Crippen LogP contribution in [0, 0.1) is 6.92 Å². The summed E-state index contributed by atoms with van der Waals surface area (Å²) in [5, 5.41) is 0. The maximum atomic E-state index is 6.02. The molecule has 2 N–H and O–H groups in total. The lowest BCUT2D eigenvalue weighted by Crippen LogP contribution is -1.96. The van der Waals surface area contributed by atoms with Gasteiger partial charge in [-0.1, -0.05) is 31.2 Å². The first-order valence-corrected chi connectivity index (χ1v) is 5.52. The van der Waals surface area contributed by atoms with Gasteiger partial charge in [0.15, 0.2) is 0 Å². The van der Waals surface area contributed by atoms with Crippen LogP contribution in [0.3, 0.4) is 0 Å². The maximum absolute atomic E-state index is 6.02. The van der Waals surface area contributed by atoms with E-state index < -0.39 is 0 Å². The average Bonchev–Trinajstić information content (AvgIpc) is 2.33. The second-order valence-corrected chi connectivity index (χ2v) is 3.94. The fourth-order valence-corrected chi connectivity index (χ4v) is 1.70. The second kappa shape index (κ2) is 4.35. The van der Waals surface area contributed by atoms with Gasteiger partial charge in [-0.05, 0) is 30.5 Å². The van der Waals surface area contributed by atoms with Gasteiger partial charge in [0.1, 0.15) is 0 Å². The number of pyridine rings is 1. The number of benzene rings is 1. The molecule has 1 aromatic heterocycles. The lowest BCUT2D eigenvalue weighted by Gasteiger charge is -2.07. The van der Waals surface area contributed by atoms with Crippen molar-refractivity contribution in [2.75, 3.05) is 5.73 Å². The first kappa shape index (κ1) is 10.7. The van der Waals surface area contributed by atoms with Gasteiger partial charge in [-0.25, -0.2) is 0 Å². The molecule has 0 aliphatic carbocycles. The highest BCUT2D eigenvalue weighted by Crippen LogP contribution is 2.25. The summed E-state index contributed by atoms with van der Waals surface area (Å²) in [5.41, 5.74) is 11.2. The summed E-state index contributed by atoms with van der Waals surface area (Å²) in [7, 11) is 0. The highest BCUT2D eigenvalue weighted by Gasteiger charge is 2.05. The zero-order valence-corrected chi connectivity index (χ0v) is 9.70. The van der Waals surface area contributed by atoms with Crippen LogP contribution in [0.15, 0.2) is 36.5 Å². The summed E-state index contributed by atoms with van der Waals surface area (Å²) in [4.78, 5) is 4.34. The van der Waals surface area contributed by atoms with Crippen molar-refractivity contribution in [3.05, 3.63) is 47.7 Å². The van der Waals surface area contributed by atoms with Gasteiger partial charge in [0.25, 0.3) is 0 Å². The molecule has 0 bridgehead atoms. The molecule has 82 valence electrons. The topological polar surface area (TPSA) is 38.9 Å². The van der Waals surface area contributed by atoms with Crippen molar-refractivity contribution >= 4 is 5.69 Å². The van der Waals surface area contributed by atoms with Crippen molar-refractivity contribution in [1.82, 2.24) is 4.98 Å². The molecular formula is C14H16N2. The van der Waals surface area contributed by atoms with Gasteiger partial charge >= 0.3 is 0 Å². The second-order valence-electron chi connectivity index (χ2n) is 3.94. The van der Waals surface area contributed by atoms with Gasteiger partial charge in [0, 0.05) is 11.8 Å². The number of aromatic nitrogens is 1. The molecule has 0 saturated carbocycles. The van der Waals surface area contributed by atoms with Gasteiger partial charge in [-0.3, -0.25) is 4.98 Å². The summed E-state index contributed by atoms with van der Waals surface area (Å²) < 4.78 is 0. The molecule has 2 heteroatoms. The molecule has 0 unspecified atom stereocenters. The minimum absolute atomic E-state index is 0.770. The Morgan fingerprint density at radius 3 is 2.44 bits per heavy atom. The van der Waals surface area contributed by atoms with E-state index in [9.17, 15) is 0 Å². The van der Waals surface area contributed by atoms with Crippen molar-refractivity contribution in [3.8, 4) is 11.3 Å². The molecule has 0 fully saturated rings. The molecule has 2 nitrogen and oxygen atoms in total. The Labute approximate surface area is 96.1 Å². The van der Waals surface area contributed by atoms with Crippen LogP contribution >= 0.6 is 0 Å². The third-order valence-corrected chi connectivity index (χ3v) is 2.84. The zero-order chi connectivity index (χ0) is 11.5. The molecule has 16 heavy (non-hydrogen) atoms. The summed E-state index contributed by atoms with van der Waals surface area (Å²) in [6.45, 7) is 4.15. The maximum Gasteiger partial charge on any atom is 0.0933 e. The van der Waals surface area contributed by atoms with Gasteiger partial charge < -0.3 is 5.73 Å². The summed E-state index contributed by atoms with van der Waals surface area (Å²) in [6, 6.07) is 10.3. The first-order valence-electron chi connectivity index (χ1n) is 5.52. The smallest absolute Gasteiger partial charge is 0.0933 e. The quantitative estimate of drug-likeness (QED) is 0.830. The summed E-state index contributed by atoms with van der Waals surface area (Å²) in [5.74, 6) is 0. The molecule has 0 saturated heterocycles. The minimum atomic E-state index is 0.770. The number of rotatable bonds is 2. The largest absolute Gasteiger partial charge is 0.397 e. The molecule has 2 rings (SSSR count). The van der Waals surface area contributed by atoms with Gasteiger partial charge in [0.05, 0.1) is 11.4 Å². The van der Waals surface area contributed by atoms with Gasteiger partial charge in [0.2, 0.25) is 0 Å². The fourth-order valence-electron chi connectivity index (χ4n) is 1.70. The van der Waals surface area contributed by atoms with E-state index in [0.717, 1.165) is 28.9 Å². The number of nitrogen functional groups attached to an aromatic ring is 1. The third kappa shape index (κ3) is 1.91. The number of nitrogens with two attached hydrogens (primary N) is 1. The Morgan fingerprint density at radius 1 is 1.12 bits per heavy atom. The Hall–Kier alpha value is -1.83. The van der Waals surface area contributed by atoms with Crippen LogP contribution in [0.25, 0.3) is 11.3 Å². The van der Waals surface area contributed by atoms with E-state index in [4.69, 9.17) is 5.73 Å². The number of hydrogen-bond donors (Lipinski definition) is 1. The molecule has 0 aliphatic rings. The van der Waals surface area contributed by atoms with Crippen LogP contribution in [0.5, 0.6) is 0 Å². The highest BCUT2D eigenvalue weighted by atomic mass is 14.7. The number of nitrogens with zero attached hydrogens (tertiary/aromatic N) is 1. The van der Waals surface area contributed by atoms with Crippen molar-refractivity contribution in [2.45, 2.75) is 20.3 Å². The molecule has 0 radical (unpaired) electrons. The lowest BCUT2D eigenvalue weighted by molar-refractivity contribution is 1.14. The van der Waals surface area contributed by atoms with Crippen LogP contribution in [0.1, 0.15) is 18.1 Å². The number of anilines is 1. The average molecular weight is 212 g/mol. The predicted molar refractivity (Wildman–Crippen MR) is 68.2 cm³/mol. The molecule has 0 spiro atoms. The zero-order valence-electron chi connectivity index (χ0n) is 9.70. The predicted octanol–water partition coefficient (Wildman–Crippen LogP) is 3.20. The van der Waals surface area contributed by atoms with E-state index >= 15 is 0 Å². The SMILES string of the molecule is CCc1ccc(-c2nccc(C)c2N)cc1.